The van der Waals surface area contributed by atoms with Crippen LogP contribution in [0, 0.1) is 0 Å². The third-order valence-corrected chi connectivity index (χ3v) is 3.75. The lowest BCUT2D eigenvalue weighted by Gasteiger charge is -2.03. The summed E-state index contributed by atoms with van der Waals surface area (Å²) in [5, 5.41) is 4.00. The first-order valence-corrected chi connectivity index (χ1v) is 5.70. The number of aldehydes is 1. The summed E-state index contributed by atoms with van der Waals surface area (Å²) < 4.78 is 0. The molecule has 2 rings (SSSR count). The first-order chi connectivity index (χ1) is 6.42. The van der Waals surface area contributed by atoms with E-state index in [1.165, 1.54) is 0 Å². The lowest BCUT2D eigenvalue weighted by atomic mass is 10.1. The molecule has 2 aromatic heterocycles. The molecule has 0 spiro atoms. The van der Waals surface area contributed by atoms with Gasteiger partial charge in [0.15, 0.2) is 0 Å². The second kappa shape index (κ2) is 3.85. The van der Waals surface area contributed by atoms with E-state index in [0.717, 1.165) is 16.0 Å². The smallest absolute Gasteiger partial charge is 0.133 e. The fourth-order valence-electron chi connectivity index (χ4n) is 1.21. The highest BCUT2D eigenvalue weighted by Gasteiger charge is 2.14. The molecule has 0 aliphatic carbocycles. The summed E-state index contributed by atoms with van der Waals surface area (Å²) in [5.74, 6) is -0.0556. The molecular formula is C10H8OS2. The SMILES string of the molecule is O=CC(c1cccs1)c1cccs1. The van der Waals surface area contributed by atoms with Gasteiger partial charge in [-0.05, 0) is 22.9 Å². The van der Waals surface area contributed by atoms with Crippen LogP contribution in [0.1, 0.15) is 15.7 Å². The fraction of sp³-hybridized carbons (Fsp3) is 0.100. The van der Waals surface area contributed by atoms with Crippen molar-refractivity contribution in [3.8, 4) is 0 Å². The predicted molar refractivity (Wildman–Crippen MR) is 56.5 cm³/mol. The zero-order valence-electron chi connectivity index (χ0n) is 6.84. The standard InChI is InChI=1S/C10H8OS2/c11-7-8(9-3-1-5-12-9)10-4-2-6-13-10/h1-8H. The Labute approximate surface area is 84.7 Å². The van der Waals surface area contributed by atoms with Crippen LogP contribution in [0.2, 0.25) is 0 Å². The molecule has 0 saturated carbocycles. The molecule has 3 heteroatoms. The number of hydrogen-bond donors (Lipinski definition) is 0. The molecule has 0 N–H and O–H groups in total. The predicted octanol–water partition coefficient (Wildman–Crippen LogP) is 3.14. The van der Waals surface area contributed by atoms with Gasteiger partial charge in [0.05, 0.1) is 5.92 Å². The average Bonchev–Trinajstić information content (AvgIpc) is 2.76. The molecule has 0 aliphatic heterocycles. The van der Waals surface area contributed by atoms with Gasteiger partial charge in [-0.15, -0.1) is 22.7 Å². The van der Waals surface area contributed by atoms with E-state index in [0.29, 0.717) is 0 Å². The van der Waals surface area contributed by atoms with Crippen LogP contribution in [-0.2, 0) is 4.79 Å². The molecule has 13 heavy (non-hydrogen) atoms. The number of carbonyl (C=O) groups is 1. The van der Waals surface area contributed by atoms with Gasteiger partial charge in [-0.3, -0.25) is 0 Å². The molecule has 2 aromatic rings. The molecule has 2 heterocycles. The van der Waals surface area contributed by atoms with E-state index in [4.69, 9.17) is 0 Å². The summed E-state index contributed by atoms with van der Waals surface area (Å²) in [6.07, 6.45) is 1.01. The normalized spacial score (nSPS) is 10.5. The Morgan fingerprint density at radius 1 is 1.08 bits per heavy atom. The van der Waals surface area contributed by atoms with E-state index < -0.39 is 0 Å². The molecular weight excluding hydrogens is 200 g/mol. The van der Waals surface area contributed by atoms with Crippen molar-refractivity contribution in [1.29, 1.82) is 0 Å². The third-order valence-electron chi connectivity index (χ3n) is 1.84. The molecule has 0 bridgehead atoms. The molecule has 0 unspecified atom stereocenters. The van der Waals surface area contributed by atoms with E-state index in [2.05, 4.69) is 0 Å². The minimum Gasteiger partial charge on any atom is -0.302 e. The molecule has 0 radical (unpaired) electrons. The van der Waals surface area contributed by atoms with Crippen LogP contribution >= 0.6 is 22.7 Å². The van der Waals surface area contributed by atoms with Crippen molar-refractivity contribution < 1.29 is 4.79 Å². The first kappa shape index (κ1) is 8.66. The van der Waals surface area contributed by atoms with E-state index in [-0.39, 0.29) is 5.92 Å². The average molecular weight is 208 g/mol. The number of carbonyl (C=O) groups excluding carboxylic acids is 1. The molecule has 0 amide bonds. The van der Waals surface area contributed by atoms with Crippen LogP contribution in [-0.4, -0.2) is 6.29 Å². The molecule has 0 aliphatic rings. The van der Waals surface area contributed by atoms with Crippen molar-refractivity contribution in [2.75, 3.05) is 0 Å². The first-order valence-electron chi connectivity index (χ1n) is 3.94. The Kier molecular flexibility index (Phi) is 2.57. The van der Waals surface area contributed by atoms with Crippen molar-refractivity contribution in [3.05, 3.63) is 44.8 Å². The minimum atomic E-state index is -0.0556. The van der Waals surface area contributed by atoms with Gasteiger partial charge in [0.2, 0.25) is 0 Å². The lowest BCUT2D eigenvalue weighted by Crippen LogP contribution is -1.96. The second-order valence-electron chi connectivity index (χ2n) is 2.64. The maximum atomic E-state index is 10.9. The summed E-state index contributed by atoms with van der Waals surface area (Å²) in [4.78, 5) is 13.2. The third kappa shape index (κ3) is 1.71. The van der Waals surface area contributed by atoms with Gasteiger partial charge in [-0.2, -0.15) is 0 Å². The maximum Gasteiger partial charge on any atom is 0.133 e. The summed E-state index contributed by atoms with van der Waals surface area (Å²) >= 11 is 3.26. The molecule has 66 valence electrons. The van der Waals surface area contributed by atoms with E-state index in [1.54, 1.807) is 22.7 Å². The summed E-state index contributed by atoms with van der Waals surface area (Å²) in [6, 6.07) is 7.96. The van der Waals surface area contributed by atoms with Gasteiger partial charge in [-0.1, -0.05) is 12.1 Å². The van der Waals surface area contributed by atoms with E-state index in [9.17, 15) is 4.79 Å². The lowest BCUT2D eigenvalue weighted by molar-refractivity contribution is -0.108. The largest absolute Gasteiger partial charge is 0.302 e. The van der Waals surface area contributed by atoms with Gasteiger partial charge >= 0.3 is 0 Å². The quantitative estimate of drug-likeness (QED) is 0.708. The topological polar surface area (TPSA) is 17.1 Å². The highest BCUT2D eigenvalue weighted by atomic mass is 32.1. The van der Waals surface area contributed by atoms with E-state index in [1.807, 2.05) is 35.0 Å². The van der Waals surface area contributed by atoms with Crippen molar-refractivity contribution in [2.45, 2.75) is 5.92 Å². The van der Waals surface area contributed by atoms with Crippen LogP contribution in [0.15, 0.2) is 35.0 Å². The Balaban J connectivity index is 2.35. The van der Waals surface area contributed by atoms with Gasteiger partial charge in [0, 0.05) is 9.75 Å². The van der Waals surface area contributed by atoms with Crippen molar-refractivity contribution >= 4 is 29.0 Å². The molecule has 1 nitrogen and oxygen atoms in total. The van der Waals surface area contributed by atoms with Gasteiger partial charge in [0.25, 0.3) is 0 Å². The molecule has 0 saturated heterocycles. The molecule has 0 fully saturated rings. The number of hydrogen-bond acceptors (Lipinski definition) is 3. The Bertz CT molecular complexity index is 327. The zero-order chi connectivity index (χ0) is 9.10. The molecule has 0 aromatic carbocycles. The summed E-state index contributed by atoms with van der Waals surface area (Å²) in [6.45, 7) is 0. The van der Waals surface area contributed by atoms with Crippen molar-refractivity contribution in [2.24, 2.45) is 0 Å². The van der Waals surface area contributed by atoms with Gasteiger partial charge in [-0.25, -0.2) is 0 Å². The summed E-state index contributed by atoms with van der Waals surface area (Å²) in [5.41, 5.74) is 0. The van der Waals surface area contributed by atoms with E-state index >= 15 is 0 Å². The number of rotatable bonds is 3. The maximum absolute atomic E-state index is 10.9. The monoisotopic (exact) mass is 208 g/mol. The van der Waals surface area contributed by atoms with Crippen LogP contribution in [0.3, 0.4) is 0 Å². The van der Waals surface area contributed by atoms with Crippen LogP contribution < -0.4 is 0 Å². The number of thiophene rings is 2. The van der Waals surface area contributed by atoms with Crippen molar-refractivity contribution in [1.82, 2.24) is 0 Å². The van der Waals surface area contributed by atoms with Crippen molar-refractivity contribution in [3.63, 3.8) is 0 Å². The Hall–Kier alpha value is -0.930. The highest BCUT2D eigenvalue weighted by Crippen LogP contribution is 2.29. The van der Waals surface area contributed by atoms with Gasteiger partial charge < -0.3 is 4.79 Å². The minimum absolute atomic E-state index is 0.0556. The molecule has 0 atom stereocenters. The van der Waals surface area contributed by atoms with Crippen LogP contribution in [0.4, 0.5) is 0 Å². The Morgan fingerprint density at radius 2 is 1.62 bits per heavy atom. The fourth-order valence-corrected chi connectivity index (χ4v) is 2.89. The zero-order valence-corrected chi connectivity index (χ0v) is 8.48. The van der Waals surface area contributed by atoms with Gasteiger partial charge in [0.1, 0.15) is 6.29 Å². The van der Waals surface area contributed by atoms with Crippen LogP contribution in [0.25, 0.3) is 0 Å². The highest BCUT2D eigenvalue weighted by molar-refractivity contribution is 7.11. The summed E-state index contributed by atoms with van der Waals surface area (Å²) in [7, 11) is 0. The Morgan fingerprint density at radius 3 is 1.92 bits per heavy atom. The second-order valence-corrected chi connectivity index (χ2v) is 4.60. The van der Waals surface area contributed by atoms with Crippen LogP contribution in [0.5, 0.6) is 0 Å².